The Balaban J connectivity index is 0.000000364. The van der Waals surface area contributed by atoms with E-state index in [2.05, 4.69) is 4.99 Å². The van der Waals surface area contributed by atoms with Gasteiger partial charge in [0.1, 0.15) is 0 Å². The van der Waals surface area contributed by atoms with E-state index in [0.717, 1.165) is 6.54 Å². The molecular formula is C12H20N2. The zero-order valence-corrected chi connectivity index (χ0v) is 9.27. The fourth-order valence-corrected chi connectivity index (χ4v) is 0.736. The van der Waals surface area contributed by atoms with Gasteiger partial charge >= 0.3 is 0 Å². The zero-order chi connectivity index (χ0) is 10.8. The smallest absolute Gasteiger partial charge is 0.0361 e. The Labute approximate surface area is 86.9 Å². The van der Waals surface area contributed by atoms with Gasteiger partial charge in [0.25, 0.3) is 0 Å². The third-order valence-corrected chi connectivity index (χ3v) is 1.22. The number of nitrogens with zero attached hydrogens (tertiary/aromatic N) is 1. The Morgan fingerprint density at radius 3 is 2.21 bits per heavy atom. The molecule has 14 heavy (non-hydrogen) atoms. The molecule has 0 saturated heterocycles. The van der Waals surface area contributed by atoms with Crippen molar-refractivity contribution in [1.29, 1.82) is 0 Å². The molecule has 1 aromatic carbocycles. The SMILES string of the molecule is CC(C)N.CCN=Cc1ccccc1. The van der Waals surface area contributed by atoms with E-state index in [9.17, 15) is 0 Å². The molecular weight excluding hydrogens is 172 g/mol. The van der Waals surface area contributed by atoms with Gasteiger partial charge in [-0.05, 0) is 18.5 Å². The molecule has 0 saturated carbocycles. The molecule has 1 rings (SSSR count). The quantitative estimate of drug-likeness (QED) is 0.718. The third-order valence-electron chi connectivity index (χ3n) is 1.22. The lowest BCUT2D eigenvalue weighted by atomic mass is 10.2. The molecule has 0 amide bonds. The van der Waals surface area contributed by atoms with Crippen LogP contribution in [0.2, 0.25) is 0 Å². The summed E-state index contributed by atoms with van der Waals surface area (Å²) in [6.07, 6.45) is 1.89. The van der Waals surface area contributed by atoms with Crippen molar-refractivity contribution >= 4 is 6.21 Å². The van der Waals surface area contributed by atoms with Gasteiger partial charge in [0.2, 0.25) is 0 Å². The van der Waals surface area contributed by atoms with Gasteiger partial charge in [0.05, 0.1) is 0 Å². The number of benzene rings is 1. The van der Waals surface area contributed by atoms with Gasteiger partial charge in [-0.2, -0.15) is 0 Å². The molecule has 2 nitrogen and oxygen atoms in total. The van der Waals surface area contributed by atoms with Crippen molar-refractivity contribution < 1.29 is 0 Å². The Kier molecular flexibility index (Phi) is 7.75. The summed E-state index contributed by atoms with van der Waals surface area (Å²) in [6.45, 7) is 6.77. The minimum atomic E-state index is 0.333. The summed E-state index contributed by atoms with van der Waals surface area (Å²) in [4.78, 5) is 4.12. The summed E-state index contributed by atoms with van der Waals surface area (Å²) in [7, 11) is 0. The molecule has 78 valence electrons. The molecule has 0 aromatic heterocycles. The van der Waals surface area contributed by atoms with Crippen LogP contribution in [0.25, 0.3) is 0 Å². The van der Waals surface area contributed by atoms with Crippen molar-refractivity contribution in [3.8, 4) is 0 Å². The average molecular weight is 192 g/mol. The van der Waals surface area contributed by atoms with Crippen LogP contribution in [0.5, 0.6) is 0 Å². The number of hydrogen-bond acceptors (Lipinski definition) is 2. The van der Waals surface area contributed by atoms with Crippen LogP contribution in [0.4, 0.5) is 0 Å². The predicted molar refractivity (Wildman–Crippen MR) is 63.9 cm³/mol. The van der Waals surface area contributed by atoms with E-state index >= 15 is 0 Å². The zero-order valence-electron chi connectivity index (χ0n) is 9.27. The first-order chi connectivity index (χ1) is 6.66. The van der Waals surface area contributed by atoms with Crippen LogP contribution >= 0.6 is 0 Å². The van der Waals surface area contributed by atoms with E-state index < -0.39 is 0 Å². The minimum Gasteiger partial charge on any atom is -0.328 e. The Hall–Kier alpha value is -1.15. The Morgan fingerprint density at radius 2 is 1.79 bits per heavy atom. The van der Waals surface area contributed by atoms with Crippen molar-refractivity contribution in [2.24, 2.45) is 10.7 Å². The monoisotopic (exact) mass is 192 g/mol. The predicted octanol–water partition coefficient (Wildman–Crippen LogP) is 2.48. The largest absolute Gasteiger partial charge is 0.328 e. The van der Waals surface area contributed by atoms with Gasteiger partial charge in [-0.3, -0.25) is 4.99 Å². The molecule has 0 spiro atoms. The van der Waals surface area contributed by atoms with Crippen molar-refractivity contribution in [3.63, 3.8) is 0 Å². The Morgan fingerprint density at radius 1 is 1.29 bits per heavy atom. The van der Waals surface area contributed by atoms with Crippen molar-refractivity contribution in [2.75, 3.05) is 6.54 Å². The van der Waals surface area contributed by atoms with Crippen LogP contribution in [0.15, 0.2) is 35.3 Å². The molecule has 0 bridgehead atoms. The second-order valence-electron chi connectivity index (χ2n) is 3.28. The van der Waals surface area contributed by atoms with Crippen molar-refractivity contribution in [3.05, 3.63) is 35.9 Å². The van der Waals surface area contributed by atoms with Gasteiger partial charge in [0.15, 0.2) is 0 Å². The summed E-state index contributed by atoms with van der Waals surface area (Å²) in [5.41, 5.74) is 6.28. The van der Waals surface area contributed by atoms with E-state index in [-0.39, 0.29) is 0 Å². The van der Waals surface area contributed by atoms with Crippen LogP contribution in [0, 0.1) is 0 Å². The molecule has 0 aliphatic rings. The maximum Gasteiger partial charge on any atom is 0.0361 e. The highest BCUT2D eigenvalue weighted by atomic mass is 14.7. The van der Waals surface area contributed by atoms with E-state index in [1.807, 2.05) is 57.3 Å². The third kappa shape index (κ3) is 8.94. The summed E-state index contributed by atoms with van der Waals surface area (Å²) in [5.74, 6) is 0. The molecule has 0 heterocycles. The number of nitrogens with two attached hydrogens (primary N) is 1. The first-order valence-corrected chi connectivity index (χ1v) is 4.97. The highest BCUT2D eigenvalue weighted by Gasteiger charge is 1.80. The second-order valence-corrected chi connectivity index (χ2v) is 3.28. The van der Waals surface area contributed by atoms with Gasteiger partial charge < -0.3 is 5.73 Å². The topological polar surface area (TPSA) is 38.4 Å². The molecule has 0 radical (unpaired) electrons. The number of aliphatic imine (C=N–C) groups is 1. The van der Waals surface area contributed by atoms with E-state index in [1.165, 1.54) is 5.56 Å². The number of rotatable bonds is 2. The summed E-state index contributed by atoms with van der Waals surface area (Å²) >= 11 is 0. The van der Waals surface area contributed by atoms with E-state index in [1.54, 1.807) is 0 Å². The molecule has 2 N–H and O–H groups in total. The lowest BCUT2D eigenvalue weighted by molar-refractivity contribution is 0.834. The highest BCUT2D eigenvalue weighted by Crippen LogP contribution is 1.93. The van der Waals surface area contributed by atoms with Crippen molar-refractivity contribution in [1.82, 2.24) is 0 Å². The molecule has 0 aliphatic carbocycles. The molecule has 0 atom stereocenters. The van der Waals surface area contributed by atoms with Crippen LogP contribution < -0.4 is 5.73 Å². The van der Waals surface area contributed by atoms with Gasteiger partial charge in [-0.1, -0.05) is 44.2 Å². The van der Waals surface area contributed by atoms with Crippen LogP contribution in [0.3, 0.4) is 0 Å². The molecule has 0 unspecified atom stereocenters. The van der Waals surface area contributed by atoms with Gasteiger partial charge in [-0.25, -0.2) is 0 Å². The standard InChI is InChI=1S/C9H11N.C3H9N/c1-2-10-8-9-6-4-3-5-7-9;1-3(2)4/h3-8H,2H2,1H3;3H,4H2,1-2H3. The van der Waals surface area contributed by atoms with Gasteiger partial charge in [0, 0.05) is 12.8 Å². The minimum absolute atomic E-state index is 0.333. The maximum atomic E-state index is 5.11. The molecule has 0 aliphatic heterocycles. The van der Waals surface area contributed by atoms with Crippen molar-refractivity contribution in [2.45, 2.75) is 26.8 Å². The van der Waals surface area contributed by atoms with E-state index in [0.29, 0.717) is 6.04 Å². The molecule has 2 heteroatoms. The van der Waals surface area contributed by atoms with E-state index in [4.69, 9.17) is 5.73 Å². The first kappa shape index (κ1) is 12.8. The molecule has 0 fully saturated rings. The summed E-state index contributed by atoms with van der Waals surface area (Å²) in [6, 6.07) is 10.4. The lowest BCUT2D eigenvalue weighted by Gasteiger charge is -1.87. The molecule has 1 aromatic rings. The maximum absolute atomic E-state index is 5.11. The lowest BCUT2D eigenvalue weighted by Crippen LogP contribution is -2.06. The van der Waals surface area contributed by atoms with Crippen LogP contribution in [0.1, 0.15) is 26.3 Å². The summed E-state index contributed by atoms with van der Waals surface area (Å²) < 4.78 is 0. The number of hydrogen-bond donors (Lipinski definition) is 1. The van der Waals surface area contributed by atoms with Gasteiger partial charge in [-0.15, -0.1) is 0 Å². The highest BCUT2D eigenvalue weighted by molar-refractivity contribution is 5.79. The average Bonchev–Trinajstić information content (AvgIpc) is 2.15. The normalized spacial score (nSPS) is 10.1. The fraction of sp³-hybridized carbons (Fsp3) is 0.417. The van der Waals surface area contributed by atoms with Crippen LogP contribution in [-0.2, 0) is 0 Å². The summed E-state index contributed by atoms with van der Waals surface area (Å²) in [5, 5.41) is 0. The Bertz CT molecular complexity index is 237. The second kappa shape index (κ2) is 8.45. The fourth-order valence-electron chi connectivity index (χ4n) is 0.736. The van der Waals surface area contributed by atoms with Crippen LogP contribution in [-0.4, -0.2) is 18.8 Å². The first-order valence-electron chi connectivity index (χ1n) is 4.97.